The van der Waals surface area contributed by atoms with E-state index in [1.807, 2.05) is 24.3 Å². The van der Waals surface area contributed by atoms with Crippen LogP contribution in [0.3, 0.4) is 0 Å². The highest BCUT2D eigenvalue weighted by Crippen LogP contribution is 2.23. The van der Waals surface area contributed by atoms with Crippen LogP contribution in [0.25, 0.3) is 0 Å². The Morgan fingerprint density at radius 2 is 1.69 bits per heavy atom. The molecular weight excluding hydrogens is 534 g/mol. The molecule has 1 heterocycles. The molecule has 0 unspecified atom stereocenters. The van der Waals surface area contributed by atoms with Crippen LogP contribution < -0.4 is 9.62 Å². The van der Waals surface area contributed by atoms with Crippen molar-refractivity contribution in [1.29, 1.82) is 0 Å². The van der Waals surface area contributed by atoms with Gasteiger partial charge in [0.2, 0.25) is 26.0 Å². The first-order chi connectivity index (χ1) is 16.6. The van der Waals surface area contributed by atoms with Gasteiger partial charge in [-0.1, -0.05) is 23.7 Å². The second-order valence-corrected chi connectivity index (χ2v) is 13.2. The molecule has 1 aliphatic heterocycles. The van der Waals surface area contributed by atoms with Crippen molar-refractivity contribution in [1.82, 2.24) is 9.62 Å². The minimum atomic E-state index is -3.78. The molecule has 2 aromatic carbocycles. The van der Waals surface area contributed by atoms with Gasteiger partial charge in [-0.3, -0.25) is 9.10 Å². The molecule has 0 aliphatic carbocycles. The lowest BCUT2D eigenvalue weighted by atomic mass is 10.2. The molecule has 1 fully saturated rings. The zero-order chi connectivity index (χ0) is 25.5. The molecule has 2 aromatic rings. The summed E-state index contributed by atoms with van der Waals surface area (Å²) in [6.07, 6.45) is 1.00. The van der Waals surface area contributed by atoms with Crippen molar-refractivity contribution in [3.05, 3.63) is 59.1 Å². The summed E-state index contributed by atoms with van der Waals surface area (Å²) in [5, 5.41) is 3.40. The highest BCUT2D eigenvalue weighted by atomic mass is 35.5. The maximum atomic E-state index is 12.8. The van der Waals surface area contributed by atoms with Crippen molar-refractivity contribution in [2.45, 2.75) is 10.6 Å². The first kappa shape index (κ1) is 27.8. The van der Waals surface area contributed by atoms with Gasteiger partial charge in [0.05, 0.1) is 30.1 Å². The highest BCUT2D eigenvalue weighted by molar-refractivity contribution is 7.98. The van der Waals surface area contributed by atoms with Gasteiger partial charge < -0.3 is 10.1 Å². The number of anilines is 1. The van der Waals surface area contributed by atoms with Crippen molar-refractivity contribution in [3.63, 3.8) is 0 Å². The smallest absolute Gasteiger partial charge is 0.243 e. The topological polar surface area (TPSA) is 113 Å². The van der Waals surface area contributed by atoms with Gasteiger partial charge in [-0.15, -0.1) is 0 Å². The summed E-state index contributed by atoms with van der Waals surface area (Å²) in [7, 11) is -7.48. The fraction of sp³-hybridized carbons (Fsp3) is 0.409. The van der Waals surface area contributed by atoms with E-state index in [0.717, 1.165) is 21.9 Å². The second kappa shape index (κ2) is 12.4. The fourth-order valence-electron chi connectivity index (χ4n) is 3.34. The minimum Gasteiger partial charge on any atom is -0.379 e. The average Bonchev–Trinajstić information content (AvgIpc) is 2.83. The summed E-state index contributed by atoms with van der Waals surface area (Å²) >= 11 is 7.51. The van der Waals surface area contributed by atoms with E-state index < -0.39 is 32.5 Å². The van der Waals surface area contributed by atoms with E-state index in [1.165, 1.54) is 28.6 Å². The molecule has 0 aromatic heterocycles. The van der Waals surface area contributed by atoms with Gasteiger partial charge >= 0.3 is 0 Å². The number of hydrogen-bond donors (Lipinski definition) is 1. The number of thioether (sulfide) groups is 1. The Hall–Kier alpha value is -1.83. The van der Waals surface area contributed by atoms with Crippen molar-refractivity contribution >= 4 is 55.0 Å². The molecule has 1 amide bonds. The van der Waals surface area contributed by atoms with Crippen LogP contribution >= 0.6 is 23.4 Å². The SMILES string of the molecule is CS(=O)(=O)N(CC(=O)NCCSCc1ccc(Cl)cc1)c1ccc(S(=O)(=O)N2CCOCC2)cc1. The molecule has 9 nitrogen and oxygen atoms in total. The number of hydrogen-bond acceptors (Lipinski definition) is 7. The van der Waals surface area contributed by atoms with Crippen molar-refractivity contribution in [3.8, 4) is 0 Å². The molecule has 1 N–H and O–H groups in total. The molecule has 3 rings (SSSR count). The third-order valence-electron chi connectivity index (χ3n) is 5.17. The van der Waals surface area contributed by atoms with E-state index in [-0.39, 0.29) is 23.7 Å². The zero-order valence-corrected chi connectivity index (χ0v) is 22.4. The number of halogens is 1. The second-order valence-electron chi connectivity index (χ2n) is 7.81. The maximum Gasteiger partial charge on any atom is 0.243 e. The van der Waals surface area contributed by atoms with Crippen LogP contribution in [0.2, 0.25) is 5.02 Å². The molecule has 0 bridgehead atoms. The highest BCUT2D eigenvalue weighted by Gasteiger charge is 2.27. The predicted molar refractivity (Wildman–Crippen MR) is 139 cm³/mol. The Kier molecular flexibility index (Phi) is 9.85. The molecule has 0 radical (unpaired) electrons. The third-order valence-corrected chi connectivity index (χ3v) is 9.51. The van der Waals surface area contributed by atoms with Crippen LogP contribution in [-0.4, -0.2) is 78.4 Å². The normalized spacial score (nSPS) is 15.0. The summed E-state index contributed by atoms with van der Waals surface area (Å²) in [6.45, 7) is 1.15. The Bertz CT molecular complexity index is 1200. The Balaban J connectivity index is 1.55. The largest absolute Gasteiger partial charge is 0.379 e. The lowest BCUT2D eigenvalue weighted by molar-refractivity contribution is -0.119. The first-order valence-electron chi connectivity index (χ1n) is 10.8. The predicted octanol–water partition coefficient (Wildman–Crippen LogP) is 2.18. The number of morpholine rings is 1. The van der Waals surface area contributed by atoms with E-state index in [0.29, 0.717) is 30.5 Å². The number of ether oxygens (including phenoxy) is 1. The summed E-state index contributed by atoms with van der Waals surface area (Å²) in [5.41, 5.74) is 1.33. The molecule has 0 spiro atoms. The van der Waals surface area contributed by atoms with Gasteiger partial charge in [0.1, 0.15) is 6.54 Å². The van der Waals surface area contributed by atoms with Crippen LogP contribution in [0.4, 0.5) is 5.69 Å². The number of benzene rings is 2. The molecule has 1 saturated heterocycles. The van der Waals surface area contributed by atoms with Gasteiger partial charge in [-0.25, -0.2) is 16.8 Å². The van der Waals surface area contributed by atoms with Crippen LogP contribution in [-0.2, 0) is 35.3 Å². The number of rotatable bonds is 11. The van der Waals surface area contributed by atoms with Crippen LogP contribution in [0.5, 0.6) is 0 Å². The molecule has 0 atom stereocenters. The number of nitrogens with zero attached hydrogens (tertiary/aromatic N) is 2. The lowest BCUT2D eigenvalue weighted by Gasteiger charge is -2.26. The van der Waals surface area contributed by atoms with E-state index in [9.17, 15) is 21.6 Å². The number of carbonyl (C=O) groups is 1. The summed E-state index contributed by atoms with van der Waals surface area (Å²) in [5.74, 6) is 0.969. The standard InChI is InChI=1S/C22H28ClN3O6S3/c1-34(28,29)26(16-22(27)24-10-15-33-17-18-2-4-19(23)5-3-18)20-6-8-21(9-7-20)35(30,31)25-11-13-32-14-12-25/h2-9H,10-17H2,1H3,(H,24,27). The summed E-state index contributed by atoms with van der Waals surface area (Å²) in [4.78, 5) is 12.5. The molecule has 0 saturated carbocycles. The van der Waals surface area contributed by atoms with Gasteiger partial charge in [-0.2, -0.15) is 16.1 Å². The van der Waals surface area contributed by atoms with Gasteiger partial charge in [-0.05, 0) is 42.0 Å². The maximum absolute atomic E-state index is 12.8. The van der Waals surface area contributed by atoms with Crippen molar-refractivity contribution < 1.29 is 26.4 Å². The van der Waals surface area contributed by atoms with Gasteiger partial charge in [0.15, 0.2) is 0 Å². The zero-order valence-electron chi connectivity index (χ0n) is 19.2. The monoisotopic (exact) mass is 561 g/mol. The first-order valence-corrected chi connectivity index (χ1v) is 15.6. The van der Waals surface area contributed by atoms with Gasteiger partial charge in [0, 0.05) is 36.2 Å². The van der Waals surface area contributed by atoms with E-state index in [2.05, 4.69) is 5.32 Å². The Morgan fingerprint density at radius 3 is 2.29 bits per heavy atom. The third kappa shape index (κ3) is 8.09. The lowest BCUT2D eigenvalue weighted by Crippen LogP contribution is -2.41. The quantitative estimate of drug-likeness (QED) is 0.418. The number of carbonyl (C=O) groups excluding carboxylic acids is 1. The van der Waals surface area contributed by atoms with Crippen molar-refractivity contribution in [2.24, 2.45) is 0 Å². The average molecular weight is 562 g/mol. The summed E-state index contributed by atoms with van der Waals surface area (Å²) in [6, 6.07) is 13.0. The molecule has 35 heavy (non-hydrogen) atoms. The molecule has 192 valence electrons. The van der Waals surface area contributed by atoms with E-state index in [4.69, 9.17) is 16.3 Å². The van der Waals surface area contributed by atoms with Crippen LogP contribution in [0.15, 0.2) is 53.4 Å². The van der Waals surface area contributed by atoms with Crippen LogP contribution in [0.1, 0.15) is 5.56 Å². The molecule has 1 aliphatic rings. The molecular formula is C22H28ClN3O6S3. The Morgan fingerprint density at radius 1 is 1.06 bits per heavy atom. The number of amides is 1. The number of nitrogens with one attached hydrogen (secondary N) is 1. The Labute approximate surface area is 215 Å². The number of sulfonamides is 2. The fourth-order valence-corrected chi connectivity index (χ4v) is 6.55. The summed E-state index contributed by atoms with van der Waals surface area (Å²) < 4.78 is 57.7. The van der Waals surface area contributed by atoms with E-state index in [1.54, 1.807) is 11.8 Å². The molecule has 13 heteroatoms. The van der Waals surface area contributed by atoms with Crippen molar-refractivity contribution in [2.75, 3.05) is 55.7 Å². The minimum absolute atomic E-state index is 0.0544. The van der Waals surface area contributed by atoms with Crippen LogP contribution in [0, 0.1) is 0 Å². The van der Waals surface area contributed by atoms with Gasteiger partial charge in [0.25, 0.3) is 0 Å². The van der Waals surface area contributed by atoms with E-state index >= 15 is 0 Å².